The first-order valence-electron chi connectivity index (χ1n) is 9.94. The van der Waals surface area contributed by atoms with Gasteiger partial charge in [-0.2, -0.15) is 4.31 Å². The number of rotatable bonds is 6. The Bertz CT molecular complexity index is 964. The van der Waals surface area contributed by atoms with E-state index in [1.807, 2.05) is 19.9 Å². The van der Waals surface area contributed by atoms with Crippen LogP contribution < -0.4 is 10.1 Å². The van der Waals surface area contributed by atoms with Crippen LogP contribution in [0.1, 0.15) is 44.0 Å². The van der Waals surface area contributed by atoms with Gasteiger partial charge in [0.1, 0.15) is 5.75 Å². The van der Waals surface area contributed by atoms with E-state index in [9.17, 15) is 13.2 Å². The predicted molar refractivity (Wildman–Crippen MR) is 114 cm³/mol. The number of piperidine rings is 1. The van der Waals surface area contributed by atoms with E-state index in [0.29, 0.717) is 36.0 Å². The molecule has 6 nitrogen and oxygen atoms in total. The Morgan fingerprint density at radius 1 is 1.10 bits per heavy atom. The summed E-state index contributed by atoms with van der Waals surface area (Å²) in [6, 6.07) is 13.3. The number of benzene rings is 2. The molecule has 1 N–H and O–H groups in total. The van der Waals surface area contributed by atoms with Gasteiger partial charge in [0, 0.05) is 30.4 Å². The molecule has 0 spiro atoms. The van der Waals surface area contributed by atoms with Crippen LogP contribution in [0.2, 0.25) is 0 Å². The zero-order chi connectivity index (χ0) is 21.0. The van der Waals surface area contributed by atoms with Crippen molar-refractivity contribution in [1.29, 1.82) is 0 Å². The molecule has 7 heteroatoms. The molecule has 156 valence electrons. The molecule has 1 aliphatic heterocycles. The van der Waals surface area contributed by atoms with Gasteiger partial charge in [-0.3, -0.25) is 4.79 Å². The lowest BCUT2D eigenvalue weighted by molar-refractivity contribution is 0.102. The van der Waals surface area contributed by atoms with Crippen LogP contribution in [0.25, 0.3) is 0 Å². The molecule has 0 aliphatic carbocycles. The normalized spacial score (nSPS) is 16.0. The minimum atomic E-state index is -3.60. The summed E-state index contributed by atoms with van der Waals surface area (Å²) in [6.07, 6.45) is 1.74. The number of amides is 1. The Morgan fingerprint density at radius 3 is 2.48 bits per heavy atom. The van der Waals surface area contributed by atoms with E-state index in [1.165, 1.54) is 10.4 Å². The van der Waals surface area contributed by atoms with Crippen molar-refractivity contribution in [3.8, 4) is 5.75 Å². The van der Waals surface area contributed by atoms with Crippen molar-refractivity contribution in [2.45, 2.75) is 44.6 Å². The van der Waals surface area contributed by atoms with E-state index in [2.05, 4.69) is 12.2 Å². The summed E-state index contributed by atoms with van der Waals surface area (Å²) in [5, 5.41) is 2.81. The summed E-state index contributed by atoms with van der Waals surface area (Å²) in [4.78, 5) is 12.8. The van der Waals surface area contributed by atoms with E-state index in [0.717, 1.165) is 12.8 Å². The summed E-state index contributed by atoms with van der Waals surface area (Å²) >= 11 is 0. The van der Waals surface area contributed by atoms with Gasteiger partial charge < -0.3 is 10.1 Å². The maximum atomic E-state index is 13.0. The zero-order valence-electron chi connectivity index (χ0n) is 17.1. The van der Waals surface area contributed by atoms with Gasteiger partial charge >= 0.3 is 0 Å². The van der Waals surface area contributed by atoms with Crippen LogP contribution in [-0.2, 0) is 10.0 Å². The van der Waals surface area contributed by atoms with Crippen LogP contribution in [0.3, 0.4) is 0 Å². The van der Waals surface area contributed by atoms with Crippen LogP contribution >= 0.6 is 0 Å². The molecular formula is C22H28N2O4S. The minimum absolute atomic E-state index is 0.0283. The highest BCUT2D eigenvalue weighted by atomic mass is 32.2. The first-order chi connectivity index (χ1) is 13.8. The Morgan fingerprint density at radius 2 is 1.79 bits per heavy atom. The zero-order valence-corrected chi connectivity index (χ0v) is 17.9. The predicted octanol–water partition coefficient (Wildman–Crippen LogP) is 4.15. The molecule has 1 fully saturated rings. The Balaban J connectivity index is 1.76. The number of nitrogens with zero attached hydrogens (tertiary/aromatic N) is 1. The van der Waals surface area contributed by atoms with Crippen LogP contribution in [0, 0.1) is 5.92 Å². The third-order valence-corrected chi connectivity index (χ3v) is 6.83. The highest BCUT2D eigenvalue weighted by molar-refractivity contribution is 7.89. The van der Waals surface area contributed by atoms with Gasteiger partial charge in [-0.25, -0.2) is 8.42 Å². The van der Waals surface area contributed by atoms with Crippen molar-refractivity contribution >= 4 is 21.6 Å². The van der Waals surface area contributed by atoms with Gasteiger partial charge in [0.2, 0.25) is 10.0 Å². The Kier molecular flexibility index (Phi) is 6.59. The van der Waals surface area contributed by atoms with E-state index < -0.39 is 10.0 Å². The number of hydrogen-bond acceptors (Lipinski definition) is 4. The molecule has 0 atom stereocenters. The maximum Gasteiger partial charge on any atom is 0.255 e. The van der Waals surface area contributed by atoms with Crippen LogP contribution in [0.5, 0.6) is 5.75 Å². The van der Waals surface area contributed by atoms with Gasteiger partial charge in [0.25, 0.3) is 5.91 Å². The monoisotopic (exact) mass is 416 g/mol. The Hall–Kier alpha value is -2.38. The topological polar surface area (TPSA) is 75.7 Å². The number of hydrogen-bond donors (Lipinski definition) is 1. The molecule has 2 aromatic rings. The van der Waals surface area contributed by atoms with Gasteiger partial charge in [-0.15, -0.1) is 0 Å². The second kappa shape index (κ2) is 8.97. The lowest BCUT2D eigenvalue weighted by Crippen LogP contribution is -2.37. The van der Waals surface area contributed by atoms with Crippen LogP contribution in [-0.4, -0.2) is 37.8 Å². The smallest absolute Gasteiger partial charge is 0.255 e. The molecule has 1 amide bonds. The molecule has 2 aromatic carbocycles. The summed E-state index contributed by atoms with van der Waals surface area (Å²) in [5.74, 6) is 0.832. The number of sulfonamides is 1. The van der Waals surface area contributed by atoms with Crippen molar-refractivity contribution in [2.24, 2.45) is 5.92 Å². The molecule has 29 heavy (non-hydrogen) atoms. The van der Waals surface area contributed by atoms with E-state index in [4.69, 9.17) is 4.74 Å². The lowest BCUT2D eigenvalue weighted by atomic mass is 10.0. The van der Waals surface area contributed by atoms with Crippen molar-refractivity contribution in [3.63, 3.8) is 0 Å². The van der Waals surface area contributed by atoms with Crippen molar-refractivity contribution in [1.82, 2.24) is 4.31 Å². The van der Waals surface area contributed by atoms with Gasteiger partial charge in [-0.1, -0.05) is 19.1 Å². The van der Waals surface area contributed by atoms with Crippen LogP contribution in [0.15, 0.2) is 53.4 Å². The average molecular weight is 417 g/mol. The fourth-order valence-corrected chi connectivity index (χ4v) is 4.81. The Labute approximate surface area is 172 Å². The molecule has 1 aliphatic rings. The first-order valence-corrected chi connectivity index (χ1v) is 11.4. The number of ether oxygens (including phenoxy) is 1. The minimum Gasteiger partial charge on any atom is -0.491 e. The summed E-state index contributed by atoms with van der Waals surface area (Å²) in [6.45, 7) is 7.03. The molecule has 0 radical (unpaired) electrons. The average Bonchev–Trinajstić information content (AvgIpc) is 2.68. The second-order valence-electron chi connectivity index (χ2n) is 7.76. The quantitative estimate of drug-likeness (QED) is 0.768. The molecule has 1 heterocycles. The fourth-order valence-electron chi connectivity index (χ4n) is 3.29. The first kappa shape index (κ1) is 21.3. The number of carbonyl (C=O) groups excluding carboxylic acids is 1. The maximum absolute atomic E-state index is 13.0. The molecule has 1 saturated heterocycles. The SMILES string of the molecule is CC1CCN(S(=O)(=O)c2cccc(C(=O)Nc3cccc(OC(C)C)c3)c2)CC1. The molecule has 3 rings (SSSR count). The van der Waals surface area contributed by atoms with Crippen molar-refractivity contribution in [2.75, 3.05) is 18.4 Å². The number of nitrogens with one attached hydrogen (secondary N) is 1. The molecule has 0 bridgehead atoms. The van der Waals surface area contributed by atoms with Gasteiger partial charge in [0.05, 0.1) is 11.0 Å². The van der Waals surface area contributed by atoms with Gasteiger partial charge in [0.15, 0.2) is 0 Å². The van der Waals surface area contributed by atoms with E-state index in [-0.39, 0.29) is 16.9 Å². The largest absolute Gasteiger partial charge is 0.491 e. The summed E-state index contributed by atoms with van der Waals surface area (Å²) in [5.41, 5.74) is 0.887. The summed E-state index contributed by atoms with van der Waals surface area (Å²) in [7, 11) is -3.60. The standard InChI is InChI=1S/C22H28N2O4S/c1-16(2)28-20-8-5-7-19(15-20)23-22(25)18-6-4-9-21(14-18)29(26,27)24-12-10-17(3)11-13-24/h4-9,14-17H,10-13H2,1-3H3,(H,23,25). The molecule has 0 unspecified atom stereocenters. The van der Waals surface area contributed by atoms with Gasteiger partial charge in [-0.05, 0) is 62.9 Å². The third kappa shape index (κ3) is 5.36. The van der Waals surface area contributed by atoms with Crippen molar-refractivity contribution in [3.05, 3.63) is 54.1 Å². The summed E-state index contributed by atoms with van der Waals surface area (Å²) < 4.78 is 33.1. The fraction of sp³-hybridized carbons (Fsp3) is 0.409. The number of anilines is 1. The second-order valence-corrected chi connectivity index (χ2v) is 9.70. The van der Waals surface area contributed by atoms with Crippen LogP contribution in [0.4, 0.5) is 5.69 Å². The lowest BCUT2D eigenvalue weighted by Gasteiger charge is -2.29. The molecular weight excluding hydrogens is 388 g/mol. The van der Waals surface area contributed by atoms with E-state index >= 15 is 0 Å². The number of carbonyl (C=O) groups is 1. The highest BCUT2D eigenvalue weighted by Crippen LogP contribution is 2.24. The van der Waals surface area contributed by atoms with E-state index in [1.54, 1.807) is 36.4 Å². The third-order valence-electron chi connectivity index (χ3n) is 4.94. The highest BCUT2D eigenvalue weighted by Gasteiger charge is 2.28. The van der Waals surface area contributed by atoms with Crippen molar-refractivity contribution < 1.29 is 17.9 Å². The molecule has 0 aromatic heterocycles. The molecule has 0 saturated carbocycles.